The minimum absolute atomic E-state index is 0.0633. The summed E-state index contributed by atoms with van der Waals surface area (Å²) in [6.07, 6.45) is 0.0633. The maximum absolute atomic E-state index is 5.63. The zero-order valence-electron chi connectivity index (χ0n) is 14.5. The lowest BCUT2D eigenvalue weighted by atomic mass is 9.93. The highest BCUT2D eigenvalue weighted by atomic mass is 32.1. The van der Waals surface area contributed by atoms with Gasteiger partial charge in [-0.3, -0.25) is 0 Å². The third kappa shape index (κ3) is 5.16. The summed E-state index contributed by atoms with van der Waals surface area (Å²) in [5.74, 6) is 0.878. The van der Waals surface area contributed by atoms with Gasteiger partial charge < -0.3 is 20.1 Å². The third-order valence-electron chi connectivity index (χ3n) is 3.99. The van der Waals surface area contributed by atoms with Gasteiger partial charge in [-0.1, -0.05) is 45.9 Å². The van der Waals surface area contributed by atoms with Crippen molar-refractivity contribution in [3.8, 4) is 0 Å². The van der Waals surface area contributed by atoms with E-state index in [0.29, 0.717) is 43.3 Å². The number of nitrogens with one attached hydrogen (secondary N) is 2. The molecular weight excluding hydrogens is 308 g/mol. The molecular formula is C18H28N2O2S. The molecule has 2 N–H and O–H groups in total. The van der Waals surface area contributed by atoms with Crippen molar-refractivity contribution in [2.24, 2.45) is 0 Å². The summed E-state index contributed by atoms with van der Waals surface area (Å²) in [6, 6.07) is 6.46. The van der Waals surface area contributed by atoms with Crippen molar-refractivity contribution in [2.45, 2.75) is 45.6 Å². The maximum Gasteiger partial charge on any atom is 0.170 e. The SMILES string of the molecule is CC(C)c1cccc(C(C)C)c1NC(=S)NC[C@@H]1COCCO1. The summed E-state index contributed by atoms with van der Waals surface area (Å²) in [5, 5.41) is 7.29. The minimum atomic E-state index is 0.0633. The first-order valence-electron chi connectivity index (χ1n) is 8.36. The molecule has 0 aliphatic carbocycles. The number of para-hydroxylation sites is 1. The van der Waals surface area contributed by atoms with Gasteiger partial charge in [0.2, 0.25) is 0 Å². The van der Waals surface area contributed by atoms with Gasteiger partial charge in [-0.15, -0.1) is 0 Å². The topological polar surface area (TPSA) is 42.5 Å². The van der Waals surface area contributed by atoms with Crippen molar-refractivity contribution in [1.29, 1.82) is 0 Å². The van der Waals surface area contributed by atoms with Crippen molar-refractivity contribution in [3.63, 3.8) is 0 Å². The highest BCUT2D eigenvalue weighted by Gasteiger charge is 2.17. The standard InChI is InChI=1S/C18H28N2O2S/c1-12(2)15-6-5-7-16(13(3)4)17(15)20-18(23)19-10-14-11-21-8-9-22-14/h5-7,12-14H,8-11H2,1-4H3,(H2,19,20,23)/t14-/m1/s1. The van der Waals surface area contributed by atoms with Crippen LogP contribution in [0.5, 0.6) is 0 Å². The lowest BCUT2D eigenvalue weighted by Crippen LogP contribution is -2.41. The molecule has 0 aromatic heterocycles. The van der Waals surface area contributed by atoms with E-state index in [1.807, 2.05) is 0 Å². The van der Waals surface area contributed by atoms with Crippen LogP contribution in [0.4, 0.5) is 5.69 Å². The fourth-order valence-electron chi connectivity index (χ4n) is 2.71. The molecule has 1 aliphatic rings. The lowest BCUT2D eigenvalue weighted by molar-refractivity contribution is -0.0849. The zero-order chi connectivity index (χ0) is 16.8. The van der Waals surface area contributed by atoms with Crippen LogP contribution in [0.1, 0.15) is 50.7 Å². The van der Waals surface area contributed by atoms with Gasteiger partial charge in [0.1, 0.15) is 0 Å². The minimum Gasteiger partial charge on any atom is -0.376 e. The third-order valence-corrected chi connectivity index (χ3v) is 4.23. The van der Waals surface area contributed by atoms with Crippen molar-refractivity contribution in [3.05, 3.63) is 29.3 Å². The van der Waals surface area contributed by atoms with Crippen LogP contribution in [0.3, 0.4) is 0 Å². The second-order valence-corrected chi connectivity index (χ2v) is 6.93. The number of thiocarbonyl (C=S) groups is 1. The lowest BCUT2D eigenvalue weighted by Gasteiger charge is -2.25. The molecule has 0 saturated carbocycles. The van der Waals surface area contributed by atoms with Crippen LogP contribution >= 0.6 is 12.2 Å². The Balaban J connectivity index is 2.03. The molecule has 128 valence electrons. The summed E-state index contributed by atoms with van der Waals surface area (Å²) in [5.41, 5.74) is 3.71. The number of anilines is 1. The quantitative estimate of drug-likeness (QED) is 0.804. The summed E-state index contributed by atoms with van der Waals surface area (Å²) in [6.45, 7) is 11.4. The molecule has 5 heteroatoms. The van der Waals surface area contributed by atoms with E-state index in [1.54, 1.807) is 0 Å². The Morgan fingerprint density at radius 1 is 1.17 bits per heavy atom. The average Bonchev–Trinajstić information content (AvgIpc) is 2.53. The molecule has 0 radical (unpaired) electrons. The second kappa shape index (κ2) is 8.62. The smallest absolute Gasteiger partial charge is 0.170 e. The first-order valence-corrected chi connectivity index (χ1v) is 8.76. The van der Waals surface area contributed by atoms with Gasteiger partial charge in [-0.2, -0.15) is 0 Å². The van der Waals surface area contributed by atoms with Gasteiger partial charge in [0.05, 0.1) is 25.9 Å². The molecule has 1 fully saturated rings. The van der Waals surface area contributed by atoms with Gasteiger partial charge in [-0.25, -0.2) is 0 Å². The average molecular weight is 337 g/mol. The molecule has 1 heterocycles. The summed E-state index contributed by atoms with van der Waals surface area (Å²) in [7, 11) is 0. The second-order valence-electron chi connectivity index (χ2n) is 6.52. The highest BCUT2D eigenvalue weighted by Crippen LogP contribution is 2.32. The summed E-state index contributed by atoms with van der Waals surface area (Å²) >= 11 is 5.48. The Morgan fingerprint density at radius 2 is 1.83 bits per heavy atom. The van der Waals surface area contributed by atoms with Crippen LogP contribution in [-0.2, 0) is 9.47 Å². The number of hydrogen-bond donors (Lipinski definition) is 2. The van der Waals surface area contributed by atoms with E-state index < -0.39 is 0 Å². The predicted octanol–water partition coefficient (Wildman–Crippen LogP) is 3.64. The molecule has 23 heavy (non-hydrogen) atoms. The number of ether oxygens (including phenoxy) is 2. The van der Waals surface area contributed by atoms with Crippen LogP contribution < -0.4 is 10.6 Å². The van der Waals surface area contributed by atoms with Crippen molar-refractivity contribution >= 4 is 23.0 Å². The van der Waals surface area contributed by atoms with Gasteiger partial charge >= 0.3 is 0 Å². The molecule has 0 bridgehead atoms. The largest absolute Gasteiger partial charge is 0.376 e. The Hall–Kier alpha value is -1.17. The molecule has 1 aromatic rings. The van der Waals surface area contributed by atoms with Gasteiger partial charge in [-0.05, 0) is 35.2 Å². The van der Waals surface area contributed by atoms with E-state index >= 15 is 0 Å². The molecule has 1 aromatic carbocycles. The molecule has 1 aliphatic heterocycles. The first-order chi connectivity index (χ1) is 11.0. The Labute approximate surface area is 144 Å². The van der Waals surface area contributed by atoms with E-state index in [1.165, 1.54) is 11.1 Å². The number of rotatable bonds is 5. The first kappa shape index (κ1) is 18.2. The summed E-state index contributed by atoms with van der Waals surface area (Å²) < 4.78 is 11.0. The van der Waals surface area contributed by atoms with Crippen LogP contribution in [0.2, 0.25) is 0 Å². The van der Waals surface area contributed by atoms with E-state index in [0.717, 1.165) is 5.69 Å². The Kier molecular flexibility index (Phi) is 6.81. The summed E-state index contributed by atoms with van der Waals surface area (Å²) in [4.78, 5) is 0. The Morgan fingerprint density at radius 3 is 2.35 bits per heavy atom. The maximum atomic E-state index is 5.63. The molecule has 1 atom stereocenters. The molecule has 2 rings (SSSR count). The monoisotopic (exact) mass is 336 g/mol. The van der Waals surface area contributed by atoms with Gasteiger partial charge in [0.25, 0.3) is 0 Å². The number of hydrogen-bond acceptors (Lipinski definition) is 3. The van der Waals surface area contributed by atoms with Crippen molar-refractivity contribution < 1.29 is 9.47 Å². The fourth-order valence-corrected chi connectivity index (χ4v) is 2.90. The molecule has 0 amide bonds. The molecule has 1 saturated heterocycles. The van der Waals surface area contributed by atoms with Gasteiger partial charge in [0, 0.05) is 12.2 Å². The van der Waals surface area contributed by atoms with E-state index in [-0.39, 0.29) is 6.10 Å². The fraction of sp³-hybridized carbons (Fsp3) is 0.611. The normalized spacial score (nSPS) is 18.3. The van der Waals surface area contributed by atoms with Crippen LogP contribution in [0.25, 0.3) is 0 Å². The number of benzene rings is 1. The molecule has 0 unspecified atom stereocenters. The van der Waals surface area contributed by atoms with E-state index in [9.17, 15) is 0 Å². The highest BCUT2D eigenvalue weighted by molar-refractivity contribution is 7.80. The van der Waals surface area contributed by atoms with Crippen molar-refractivity contribution in [2.75, 3.05) is 31.7 Å². The predicted molar refractivity (Wildman–Crippen MR) is 99.4 cm³/mol. The van der Waals surface area contributed by atoms with Crippen LogP contribution in [0.15, 0.2) is 18.2 Å². The van der Waals surface area contributed by atoms with E-state index in [4.69, 9.17) is 21.7 Å². The molecule has 0 spiro atoms. The van der Waals surface area contributed by atoms with Crippen LogP contribution in [0, 0.1) is 0 Å². The Bertz CT molecular complexity index is 500. The van der Waals surface area contributed by atoms with Crippen LogP contribution in [-0.4, -0.2) is 37.6 Å². The van der Waals surface area contributed by atoms with E-state index in [2.05, 4.69) is 56.5 Å². The van der Waals surface area contributed by atoms with Gasteiger partial charge in [0.15, 0.2) is 5.11 Å². The van der Waals surface area contributed by atoms with Crippen molar-refractivity contribution in [1.82, 2.24) is 5.32 Å². The zero-order valence-corrected chi connectivity index (χ0v) is 15.3. The molecule has 4 nitrogen and oxygen atoms in total.